The largest absolute Gasteiger partial charge is 0.467 e. The third kappa shape index (κ3) is 3.69. The van der Waals surface area contributed by atoms with E-state index in [-0.39, 0.29) is 24.7 Å². The van der Waals surface area contributed by atoms with Crippen molar-refractivity contribution in [2.75, 3.05) is 6.54 Å². The Labute approximate surface area is 122 Å². The molecular weight excluding hydrogens is 271 g/mol. The predicted octanol–water partition coefficient (Wildman–Crippen LogP) is 3.28. The quantitative estimate of drug-likeness (QED) is 0.847. The lowest BCUT2D eigenvalue weighted by Crippen LogP contribution is -2.31. The van der Waals surface area contributed by atoms with Crippen molar-refractivity contribution in [3.05, 3.63) is 59.3 Å². The summed E-state index contributed by atoms with van der Waals surface area (Å²) in [5, 5.41) is 8.72. The van der Waals surface area contributed by atoms with Gasteiger partial charge in [0, 0.05) is 12.1 Å². The minimum Gasteiger partial charge on any atom is -0.467 e. The number of benzene rings is 1. The summed E-state index contributed by atoms with van der Waals surface area (Å²) in [6.07, 6.45) is 1.76. The van der Waals surface area contributed by atoms with Crippen LogP contribution in [0.15, 0.2) is 41.0 Å². The Morgan fingerprint density at radius 3 is 2.86 bits per heavy atom. The highest BCUT2D eigenvalue weighted by molar-refractivity contribution is 5.95. The summed E-state index contributed by atoms with van der Waals surface area (Å²) in [7, 11) is 0. The predicted molar refractivity (Wildman–Crippen MR) is 74.8 cm³/mol. The van der Waals surface area contributed by atoms with Crippen LogP contribution in [0.1, 0.15) is 28.1 Å². The average molecular weight is 286 g/mol. The number of amides is 1. The zero-order valence-corrected chi connectivity index (χ0v) is 11.7. The van der Waals surface area contributed by atoms with E-state index in [1.165, 1.54) is 29.4 Å². The number of nitrogens with zero attached hydrogens (tertiary/aromatic N) is 2. The fraction of sp³-hybridized carbons (Fsp3) is 0.250. The molecule has 5 heteroatoms. The van der Waals surface area contributed by atoms with Gasteiger partial charge in [-0.05, 0) is 42.8 Å². The van der Waals surface area contributed by atoms with E-state index in [0.717, 1.165) is 0 Å². The van der Waals surface area contributed by atoms with E-state index in [0.29, 0.717) is 23.4 Å². The van der Waals surface area contributed by atoms with Crippen molar-refractivity contribution in [2.45, 2.75) is 19.9 Å². The minimum atomic E-state index is -0.376. The molecule has 4 nitrogen and oxygen atoms in total. The Bertz CT molecular complexity index is 659. The zero-order valence-electron chi connectivity index (χ0n) is 11.7. The standard InChI is InChI=1S/C16H15FN2O2/c1-12-10-13(17)5-6-15(12)16(20)19(8-3-7-18)11-14-4-2-9-21-14/h2,4-6,9-10H,3,8,11H2,1H3. The molecule has 1 amide bonds. The van der Waals surface area contributed by atoms with Gasteiger partial charge in [0.15, 0.2) is 0 Å². The summed E-state index contributed by atoms with van der Waals surface area (Å²) >= 11 is 0. The average Bonchev–Trinajstić information content (AvgIpc) is 2.95. The molecule has 0 radical (unpaired) electrons. The maximum atomic E-state index is 13.1. The van der Waals surface area contributed by atoms with Gasteiger partial charge in [0.25, 0.3) is 5.91 Å². The molecule has 0 spiro atoms. The molecule has 21 heavy (non-hydrogen) atoms. The highest BCUT2D eigenvalue weighted by Crippen LogP contribution is 2.15. The van der Waals surface area contributed by atoms with Gasteiger partial charge >= 0.3 is 0 Å². The Hall–Kier alpha value is -2.61. The molecule has 0 N–H and O–H groups in total. The second kappa shape index (κ2) is 6.71. The van der Waals surface area contributed by atoms with Gasteiger partial charge in [-0.15, -0.1) is 0 Å². The van der Waals surface area contributed by atoms with Crippen LogP contribution >= 0.6 is 0 Å². The van der Waals surface area contributed by atoms with Gasteiger partial charge in [-0.2, -0.15) is 5.26 Å². The van der Waals surface area contributed by atoms with E-state index in [9.17, 15) is 9.18 Å². The van der Waals surface area contributed by atoms with Crippen molar-refractivity contribution >= 4 is 5.91 Å². The minimum absolute atomic E-state index is 0.229. The highest BCUT2D eigenvalue weighted by Gasteiger charge is 2.19. The van der Waals surface area contributed by atoms with E-state index in [1.54, 1.807) is 19.1 Å². The number of carbonyl (C=O) groups excluding carboxylic acids is 1. The lowest BCUT2D eigenvalue weighted by atomic mass is 10.1. The fourth-order valence-corrected chi connectivity index (χ4v) is 2.07. The second-order valence-electron chi connectivity index (χ2n) is 4.67. The van der Waals surface area contributed by atoms with Gasteiger partial charge in [-0.25, -0.2) is 4.39 Å². The summed E-state index contributed by atoms with van der Waals surface area (Å²) in [6.45, 7) is 2.27. The summed E-state index contributed by atoms with van der Waals surface area (Å²) in [4.78, 5) is 14.1. The maximum Gasteiger partial charge on any atom is 0.254 e. The molecule has 2 rings (SSSR count). The first kappa shape index (κ1) is 14.8. The van der Waals surface area contributed by atoms with Crippen LogP contribution in [0.2, 0.25) is 0 Å². The van der Waals surface area contributed by atoms with Gasteiger partial charge in [-0.1, -0.05) is 0 Å². The van der Waals surface area contributed by atoms with Crippen LogP contribution in [0.25, 0.3) is 0 Å². The topological polar surface area (TPSA) is 57.2 Å². The molecule has 0 aliphatic heterocycles. The Morgan fingerprint density at radius 2 is 2.24 bits per heavy atom. The first-order valence-electron chi connectivity index (χ1n) is 6.56. The molecule has 2 aromatic rings. The van der Waals surface area contributed by atoms with Gasteiger partial charge in [0.1, 0.15) is 11.6 Å². The van der Waals surface area contributed by atoms with Crippen LogP contribution in [0, 0.1) is 24.1 Å². The molecule has 0 aliphatic carbocycles. The molecule has 1 heterocycles. The smallest absolute Gasteiger partial charge is 0.254 e. The Kier molecular flexibility index (Phi) is 4.72. The lowest BCUT2D eigenvalue weighted by Gasteiger charge is -2.21. The third-order valence-corrected chi connectivity index (χ3v) is 3.13. The molecular formula is C16H15FN2O2. The van der Waals surface area contributed by atoms with E-state index >= 15 is 0 Å². The lowest BCUT2D eigenvalue weighted by molar-refractivity contribution is 0.0734. The molecule has 0 unspecified atom stereocenters. The fourth-order valence-electron chi connectivity index (χ4n) is 2.07. The molecule has 1 aromatic heterocycles. The number of furan rings is 1. The van der Waals surface area contributed by atoms with Gasteiger partial charge < -0.3 is 9.32 Å². The molecule has 108 valence electrons. The maximum absolute atomic E-state index is 13.1. The monoisotopic (exact) mass is 286 g/mol. The van der Waals surface area contributed by atoms with Gasteiger partial charge in [-0.3, -0.25) is 4.79 Å². The molecule has 0 saturated carbocycles. The zero-order chi connectivity index (χ0) is 15.2. The van der Waals surface area contributed by atoms with Crippen LogP contribution in [0.5, 0.6) is 0 Å². The second-order valence-corrected chi connectivity index (χ2v) is 4.67. The van der Waals surface area contributed by atoms with Gasteiger partial charge in [0.2, 0.25) is 0 Å². The number of halogens is 1. The Morgan fingerprint density at radius 1 is 1.43 bits per heavy atom. The summed E-state index contributed by atoms with van der Waals surface area (Å²) in [5.74, 6) is 0.0267. The highest BCUT2D eigenvalue weighted by atomic mass is 19.1. The van der Waals surface area contributed by atoms with Crippen molar-refractivity contribution in [1.29, 1.82) is 5.26 Å². The number of nitriles is 1. The van der Waals surface area contributed by atoms with Crippen LogP contribution < -0.4 is 0 Å². The van der Waals surface area contributed by atoms with Crippen LogP contribution in [0.3, 0.4) is 0 Å². The number of rotatable bonds is 5. The van der Waals surface area contributed by atoms with Crippen molar-refractivity contribution in [1.82, 2.24) is 4.90 Å². The van der Waals surface area contributed by atoms with E-state index in [1.807, 2.05) is 6.07 Å². The number of hydrogen-bond donors (Lipinski definition) is 0. The number of carbonyl (C=O) groups is 1. The van der Waals surface area contributed by atoms with Crippen molar-refractivity contribution in [3.8, 4) is 6.07 Å². The summed E-state index contributed by atoms with van der Waals surface area (Å²) in [6, 6.07) is 9.58. The third-order valence-electron chi connectivity index (χ3n) is 3.13. The van der Waals surface area contributed by atoms with Gasteiger partial charge in [0.05, 0.1) is 25.3 Å². The number of aryl methyl sites for hydroxylation is 1. The van der Waals surface area contributed by atoms with E-state index in [4.69, 9.17) is 9.68 Å². The van der Waals surface area contributed by atoms with E-state index in [2.05, 4.69) is 0 Å². The number of hydrogen-bond acceptors (Lipinski definition) is 3. The molecule has 0 bridgehead atoms. The van der Waals surface area contributed by atoms with Crippen LogP contribution in [-0.2, 0) is 6.54 Å². The first-order chi connectivity index (χ1) is 10.1. The van der Waals surface area contributed by atoms with Crippen LogP contribution in [-0.4, -0.2) is 17.4 Å². The summed E-state index contributed by atoms with van der Waals surface area (Å²) < 4.78 is 18.4. The molecule has 0 fully saturated rings. The SMILES string of the molecule is Cc1cc(F)ccc1C(=O)N(CCC#N)Cc1ccco1. The first-order valence-corrected chi connectivity index (χ1v) is 6.56. The Balaban J connectivity index is 2.22. The van der Waals surface area contributed by atoms with Crippen molar-refractivity contribution < 1.29 is 13.6 Å². The van der Waals surface area contributed by atoms with Crippen LogP contribution in [0.4, 0.5) is 4.39 Å². The van der Waals surface area contributed by atoms with Crippen molar-refractivity contribution in [2.24, 2.45) is 0 Å². The van der Waals surface area contributed by atoms with E-state index < -0.39 is 0 Å². The van der Waals surface area contributed by atoms with Crippen molar-refractivity contribution in [3.63, 3.8) is 0 Å². The molecule has 0 saturated heterocycles. The molecule has 1 aromatic carbocycles. The molecule has 0 atom stereocenters. The molecule has 0 aliphatic rings. The normalized spacial score (nSPS) is 10.1. The summed E-state index contributed by atoms with van der Waals surface area (Å²) in [5.41, 5.74) is 1.00.